The van der Waals surface area contributed by atoms with Gasteiger partial charge >= 0.3 is 0 Å². The van der Waals surface area contributed by atoms with Gasteiger partial charge in [0.15, 0.2) is 0 Å². The normalized spacial score (nSPS) is 12.2. The lowest BCUT2D eigenvalue weighted by atomic mass is 9.96. The highest BCUT2D eigenvalue weighted by Crippen LogP contribution is 2.33. The van der Waals surface area contributed by atoms with Crippen LogP contribution in [-0.2, 0) is 0 Å². The van der Waals surface area contributed by atoms with Gasteiger partial charge in [-0.25, -0.2) is 0 Å². The average molecular weight is 355 g/mol. The molecule has 0 heterocycles. The summed E-state index contributed by atoms with van der Waals surface area (Å²) < 4.78 is 6.56. The molecule has 0 aliphatic rings. The van der Waals surface area contributed by atoms with Crippen LogP contribution in [0, 0.1) is 6.92 Å². The van der Waals surface area contributed by atoms with Crippen molar-refractivity contribution in [1.82, 2.24) is 5.32 Å². The Bertz CT molecular complexity index is 615. The second-order valence-electron chi connectivity index (χ2n) is 4.62. The first kappa shape index (κ1) is 15.4. The Labute approximate surface area is 133 Å². The van der Waals surface area contributed by atoms with E-state index in [4.69, 9.17) is 16.3 Å². The molecule has 1 atom stereocenters. The van der Waals surface area contributed by atoms with Crippen LogP contribution in [0.25, 0.3) is 0 Å². The minimum atomic E-state index is 0.0375. The van der Waals surface area contributed by atoms with Gasteiger partial charge < -0.3 is 10.1 Å². The van der Waals surface area contributed by atoms with Crippen LogP contribution in [-0.4, -0.2) is 14.2 Å². The lowest BCUT2D eigenvalue weighted by Gasteiger charge is -2.21. The van der Waals surface area contributed by atoms with Gasteiger partial charge in [-0.3, -0.25) is 0 Å². The molecule has 2 aromatic carbocycles. The second-order valence-corrected chi connectivity index (χ2v) is 5.91. The lowest BCUT2D eigenvalue weighted by Crippen LogP contribution is -2.18. The number of benzene rings is 2. The fraction of sp³-hybridized carbons (Fsp3) is 0.250. The number of hydrogen-bond acceptors (Lipinski definition) is 2. The molecule has 0 saturated heterocycles. The minimum Gasteiger partial charge on any atom is -0.496 e. The first-order valence-electron chi connectivity index (χ1n) is 6.33. The Hall–Kier alpha value is -1.03. The zero-order valence-electron chi connectivity index (χ0n) is 11.7. The summed E-state index contributed by atoms with van der Waals surface area (Å²) in [6.07, 6.45) is 0. The monoisotopic (exact) mass is 353 g/mol. The van der Waals surface area contributed by atoms with Crippen LogP contribution in [0.4, 0.5) is 0 Å². The molecule has 0 radical (unpaired) electrons. The maximum Gasteiger partial charge on any atom is 0.124 e. The summed E-state index contributed by atoms with van der Waals surface area (Å²) in [5.74, 6) is 0.828. The molecule has 4 heteroatoms. The van der Waals surface area contributed by atoms with Crippen LogP contribution in [0.15, 0.2) is 40.9 Å². The first-order chi connectivity index (χ1) is 9.56. The summed E-state index contributed by atoms with van der Waals surface area (Å²) in [5, 5.41) is 4.03. The summed E-state index contributed by atoms with van der Waals surface area (Å²) in [7, 11) is 3.61. The summed E-state index contributed by atoms with van der Waals surface area (Å²) in [6.45, 7) is 2.08. The van der Waals surface area contributed by atoms with Gasteiger partial charge in [-0.15, -0.1) is 0 Å². The van der Waals surface area contributed by atoms with Crippen molar-refractivity contribution in [3.05, 3.63) is 62.6 Å². The Morgan fingerprint density at radius 2 is 1.95 bits per heavy atom. The maximum atomic E-state index is 6.13. The average Bonchev–Trinajstić information content (AvgIpc) is 2.44. The summed E-state index contributed by atoms with van der Waals surface area (Å²) >= 11 is 9.66. The Kier molecular flexibility index (Phi) is 5.08. The third-order valence-corrected chi connectivity index (χ3v) is 4.43. The van der Waals surface area contributed by atoms with Crippen LogP contribution in [0.5, 0.6) is 5.75 Å². The van der Waals surface area contributed by atoms with E-state index in [1.807, 2.05) is 25.2 Å². The van der Waals surface area contributed by atoms with Crippen molar-refractivity contribution in [2.45, 2.75) is 13.0 Å². The largest absolute Gasteiger partial charge is 0.496 e. The number of methoxy groups -OCH3 is 1. The molecule has 2 nitrogen and oxygen atoms in total. The molecule has 1 N–H and O–H groups in total. The molecule has 0 aliphatic heterocycles. The van der Waals surface area contributed by atoms with Crippen molar-refractivity contribution in [1.29, 1.82) is 0 Å². The van der Waals surface area contributed by atoms with Gasteiger partial charge in [0.25, 0.3) is 0 Å². The number of ether oxygens (including phenoxy) is 1. The molecule has 2 aromatic rings. The van der Waals surface area contributed by atoms with Crippen LogP contribution in [0.1, 0.15) is 22.7 Å². The van der Waals surface area contributed by atoms with E-state index in [9.17, 15) is 0 Å². The molecule has 106 valence electrons. The molecular formula is C16H17BrClNO. The van der Waals surface area contributed by atoms with E-state index in [2.05, 4.69) is 46.4 Å². The van der Waals surface area contributed by atoms with E-state index in [0.717, 1.165) is 15.8 Å². The van der Waals surface area contributed by atoms with Crippen molar-refractivity contribution in [3.8, 4) is 5.75 Å². The molecule has 0 fully saturated rings. The number of halogens is 2. The fourth-order valence-electron chi connectivity index (χ4n) is 2.28. The highest BCUT2D eigenvalue weighted by atomic mass is 79.9. The van der Waals surface area contributed by atoms with Gasteiger partial charge in [0.05, 0.1) is 13.2 Å². The summed E-state index contributed by atoms with van der Waals surface area (Å²) in [4.78, 5) is 0. The van der Waals surface area contributed by atoms with Crippen LogP contribution < -0.4 is 10.1 Å². The zero-order valence-corrected chi connectivity index (χ0v) is 14.0. The van der Waals surface area contributed by atoms with Crippen LogP contribution in [0.3, 0.4) is 0 Å². The number of nitrogens with one attached hydrogen (secondary N) is 1. The Morgan fingerprint density at radius 3 is 2.55 bits per heavy atom. The maximum absolute atomic E-state index is 6.13. The SMILES string of the molecule is CNC(c1ccc(Br)c(C)c1)c1cc(Cl)ccc1OC. The molecular weight excluding hydrogens is 338 g/mol. The van der Waals surface area contributed by atoms with E-state index in [1.165, 1.54) is 11.1 Å². The van der Waals surface area contributed by atoms with Crippen molar-refractivity contribution in [2.24, 2.45) is 0 Å². The fourth-order valence-corrected chi connectivity index (χ4v) is 2.71. The standard InChI is InChI=1S/C16H17BrClNO/c1-10-8-11(4-6-14(10)17)16(19-2)13-9-12(18)5-7-15(13)20-3/h4-9,16,19H,1-3H3. The van der Waals surface area contributed by atoms with Crippen LogP contribution >= 0.6 is 27.5 Å². The minimum absolute atomic E-state index is 0.0375. The third-order valence-electron chi connectivity index (χ3n) is 3.31. The van der Waals surface area contributed by atoms with Crippen molar-refractivity contribution >= 4 is 27.5 Å². The zero-order chi connectivity index (χ0) is 14.7. The smallest absolute Gasteiger partial charge is 0.124 e. The number of aryl methyl sites for hydroxylation is 1. The molecule has 20 heavy (non-hydrogen) atoms. The molecule has 0 spiro atoms. The molecule has 0 aliphatic carbocycles. The highest BCUT2D eigenvalue weighted by Gasteiger charge is 2.17. The van der Waals surface area contributed by atoms with E-state index < -0.39 is 0 Å². The first-order valence-corrected chi connectivity index (χ1v) is 7.50. The quantitative estimate of drug-likeness (QED) is 0.857. The summed E-state index contributed by atoms with van der Waals surface area (Å²) in [6, 6.07) is 12.0. The van der Waals surface area contributed by atoms with Gasteiger partial charge in [-0.05, 0) is 49.4 Å². The van der Waals surface area contributed by atoms with Gasteiger partial charge in [-0.1, -0.05) is 39.7 Å². The molecule has 2 rings (SSSR count). The van der Waals surface area contributed by atoms with Crippen molar-refractivity contribution in [3.63, 3.8) is 0 Å². The Balaban J connectivity index is 2.51. The van der Waals surface area contributed by atoms with E-state index in [-0.39, 0.29) is 6.04 Å². The number of hydrogen-bond donors (Lipinski definition) is 1. The predicted molar refractivity (Wildman–Crippen MR) is 87.8 cm³/mol. The van der Waals surface area contributed by atoms with Gasteiger partial charge in [-0.2, -0.15) is 0 Å². The third kappa shape index (κ3) is 3.17. The summed E-state index contributed by atoms with van der Waals surface area (Å²) in [5.41, 5.74) is 3.40. The van der Waals surface area contributed by atoms with E-state index in [1.54, 1.807) is 7.11 Å². The molecule has 0 amide bonds. The van der Waals surface area contributed by atoms with E-state index >= 15 is 0 Å². The lowest BCUT2D eigenvalue weighted by molar-refractivity contribution is 0.405. The van der Waals surface area contributed by atoms with Crippen molar-refractivity contribution < 1.29 is 4.74 Å². The topological polar surface area (TPSA) is 21.3 Å². The molecule has 0 saturated carbocycles. The molecule has 0 aromatic heterocycles. The number of rotatable bonds is 4. The molecule has 0 bridgehead atoms. The predicted octanol–water partition coefficient (Wildman–Crippen LogP) is 4.73. The highest BCUT2D eigenvalue weighted by molar-refractivity contribution is 9.10. The molecule has 1 unspecified atom stereocenters. The van der Waals surface area contributed by atoms with Gasteiger partial charge in [0, 0.05) is 15.1 Å². The van der Waals surface area contributed by atoms with Gasteiger partial charge in [0.1, 0.15) is 5.75 Å². The van der Waals surface area contributed by atoms with Crippen LogP contribution in [0.2, 0.25) is 5.02 Å². The second kappa shape index (κ2) is 6.61. The van der Waals surface area contributed by atoms with Gasteiger partial charge in [0.2, 0.25) is 0 Å². The Morgan fingerprint density at radius 1 is 1.20 bits per heavy atom. The van der Waals surface area contributed by atoms with Crippen molar-refractivity contribution in [2.75, 3.05) is 14.2 Å². The van der Waals surface area contributed by atoms with E-state index in [0.29, 0.717) is 5.02 Å².